The maximum Gasteiger partial charge on any atom is 0.277 e. The summed E-state index contributed by atoms with van der Waals surface area (Å²) in [5.41, 5.74) is 3.17. The topological polar surface area (TPSA) is 32.7 Å². The van der Waals surface area contributed by atoms with Crippen LogP contribution in [0.2, 0.25) is 0 Å². The molecule has 0 N–H and O–H groups in total. The number of benzene rings is 2. The van der Waals surface area contributed by atoms with Crippen molar-refractivity contribution >= 4 is 34.8 Å². The lowest BCUT2D eigenvalue weighted by Gasteiger charge is -2.07. The SMILES string of the molecule is CSc1ccccc1N=C1C(=O)N(C)c2ccccc21. The number of hydrogen-bond acceptors (Lipinski definition) is 3. The molecular formula is C16H14N2OS. The summed E-state index contributed by atoms with van der Waals surface area (Å²) in [7, 11) is 1.78. The van der Waals surface area contributed by atoms with Gasteiger partial charge in [-0.05, 0) is 24.5 Å². The summed E-state index contributed by atoms with van der Waals surface area (Å²) in [6.45, 7) is 0. The Balaban J connectivity index is 2.15. The Bertz CT molecular complexity index is 709. The van der Waals surface area contributed by atoms with Crippen LogP contribution in [0.4, 0.5) is 11.4 Å². The molecule has 100 valence electrons. The number of amides is 1. The lowest BCUT2D eigenvalue weighted by atomic mass is 10.1. The van der Waals surface area contributed by atoms with Crippen molar-refractivity contribution in [2.75, 3.05) is 18.2 Å². The van der Waals surface area contributed by atoms with Gasteiger partial charge in [-0.15, -0.1) is 11.8 Å². The third kappa shape index (κ3) is 2.02. The van der Waals surface area contributed by atoms with Gasteiger partial charge in [-0.1, -0.05) is 30.3 Å². The highest BCUT2D eigenvalue weighted by atomic mass is 32.2. The molecule has 0 aliphatic carbocycles. The maximum atomic E-state index is 12.4. The minimum absolute atomic E-state index is 0.0536. The van der Waals surface area contributed by atoms with Gasteiger partial charge in [0.05, 0.1) is 11.4 Å². The first kappa shape index (κ1) is 12.9. The number of thioether (sulfide) groups is 1. The number of para-hydroxylation sites is 2. The van der Waals surface area contributed by atoms with E-state index < -0.39 is 0 Å². The molecule has 2 aromatic carbocycles. The largest absolute Gasteiger partial charge is 0.309 e. The van der Waals surface area contributed by atoms with Gasteiger partial charge in [-0.2, -0.15) is 0 Å². The zero-order valence-corrected chi connectivity index (χ0v) is 12.1. The van der Waals surface area contributed by atoms with E-state index in [1.165, 1.54) is 0 Å². The molecule has 0 atom stereocenters. The molecule has 0 unspecified atom stereocenters. The Morgan fingerprint density at radius 3 is 2.55 bits per heavy atom. The van der Waals surface area contributed by atoms with Crippen LogP contribution in [-0.4, -0.2) is 24.9 Å². The molecule has 0 radical (unpaired) electrons. The van der Waals surface area contributed by atoms with E-state index in [2.05, 4.69) is 4.99 Å². The average Bonchev–Trinajstić information content (AvgIpc) is 2.73. The molecule has 0 spiro atoms. The molecule has 1 heterocycles. The quantitative estimate of drug-likeness (QED) is 0.790. The van der Waals surface area contributed by atoms with E-state index in [0.29, 0.717) is 5.71 Å². The fourth-order valence-electron chi connectivity index (χ4n) is 2.30. The number of carbonyl (C=O) groups excluding carboxylic acids is 1. The molecule has 4 heteroatoms. The molecule has 2 aromatic rings. The van der Waals surface area contributed by atoms with Gasteiger partial charge in [-0.25, -0.2) is 4.99 Å². The van der Waals surface area contributed by atoms with E-state index in [-0.39, 0.29) is 5.91 Å². The van der Waals surface area contributed by atoms with Gasteiger partial charge >= 0.3 is 0 Å². The normalized spacial score (nSPS) is 15.8. The minimum Gasteiger partial charge on any atom is -0.309 e. The van der Waals surface area contributed by atoms with Gasteiger partial charge in [0, 0.05) is 17.5 Å². The third-order valence-electron chi connectivity index (χ3n) is 3.35. The van der Waals surface area contributed by atoms with Crippen molar-refractivity contribution in [2.45, 2.75) is 4.90 Å². The second-order valence-corrected chi connectivity index (χ2v) is 5.36. The number of nitrogens with zero attached hydrogens (tertiary/aromatic N) is 2. The van der Waals surface area contributed by atoms with Crippen LogP contribution in [-0.2, 0) is 4.79 Å². The third-order valence-corrected chi connectivity index (χ3v) is 4.13. The lowest BCUT2D eigenvalue weighted by Crippen LogP contribution is -2.25. The Morgan fingerprint density at radius 1 is 1.05 bits per heavy atom. The number of fused-ring (bicyclic) bond motifs is 1. The molecule has 1 amide bonds. The monoisotopic (exact) mass is 282 g/mol. The number of hydrogen-bond donors (Lipinski definition) is 0. The van der Waals surface area contributed by atoms with Crippen LogP contribution in [0.3, 0.4) is 0 Å². The summed E-state index contributed by atoms with van der Waals surface area (Å²) in [6, 6.07) is 15.6. The lowest BCUT2D eigenvalue weighted by molar-refractivity contribution is -0.111. The molecule has 0 bridgehead atoms. The summed E-state index contributed by atoms with van der Waals surface area (Å²) in [6.07, 6.45) is 2.01. The smallest absolute Gasteiger partial charge is 0.277 e. The van der Waals surface area contributed by atoms with Crippen molar-refractivity contribution < 1.29 is 4.79 Å². The van der Waals surface area contributed by atoms with Crippen molar-refractivity contribution in [3.05, 3.63) is 54.1 Å². The van der Waals surface area contributed by atoms with Crippen molar-refractivity contribution in [3.63, 3.8) is 0 Å². The highest BCUT2D eigenvalue weighted by Gasteiger charge is 2.30. The van der Waals surface area contributed by atoms with Crippen LogP contribution >= 0.6 is 11.8 Å². The van der Waals surface area contributed by atoms with Crippen molar-refractivity contribution in [1.82, 2.24) is 0 Å². The average molecular weight is 282 g/mol. The van der Waals surface area contributed by atoms with Crippen LogP contribution < -0.4 is 4.90 Å². The molecule has 20 heavy (non-hydrogen) atoms. The molecule has 0 aromatic heterocycles. The van der Waals surface area contributed by atoms with Gasteiger partial charge in [-0.3, -0.25) is 4.79 Å². The standard InChI is InChI=1S/C16H14N2OS/c1-18-13-9-5-3-7-11(13)15(16(18)19)17-12-8-4-6-10-14(12)20-2/h3-10H,1-2H3. The number of anilines is 1. The van der Waals surface area contributed by atoms with Crippen LogP contribution in [0.25, 0.3) is 0 Å². The second-order valence-electron chi connectivity index (χ2n) is 4.51. The van der Waals surface area contributed by atoms with Crippen LogP contribution in [0, 0.1) is 0 Å². The molecule has 3 nitrogen and oxygen atoms in total. The molecule has 0 saturated heterocycles. The van der Waals surface area contributed by atoms with E-state index in [1.54, 1.807) is 23.7 Å². The summed E-state index contributed by atoms with van der Waals surface area (Å²) in [4.78, 5) is 19.7. The van der Waals surface area contributed by atoms with Crippen LogP contribution in [0.1, 0.15) is 5.56 Å². The molecular weight excluding hydrogens is 268 g/mol. The predicted molar refractivity (Wildman–Crippen MR) is 84.3 cm³/mol. The molecule has 3 rings (SSSR count). The van der Waals surface area contributed by atoms with E-state index in [1.807, 2.05) is 54.8 Å². The van der Waals surface area contributed by atoms with Gasteiger partial charge in [0.25, 0.3) is 5.91 Å². The van der Waals surface area contributed by atoms with Crippen molar-refractivity contribution in [1.29, 1.82) is 0 Å². The molecule has 0 fully saturated rings. The maximum absolute atomic E-state index is 12.4. The fourth-order valence-corrected chi connectivity index (χ4v) is 2.84. The summed E-state index contributed by atoms with van der Waals surface area (Å²) in [5, 5.41) is 0. The van der Waals surface area contributed by atoms with E-state index in [4.69, 9.17) is 0 Å². The summed E-state index contributed by atoms with van der Waals surface area (Å²) in [5.74, 6) is -0.0536. The van der Waals surface area contributed by atoms with Gasteiger partial charge in [0.1, 0.15) is 5.71 Å². The molecule has 0 saturated carbocycles. The first-order valence-electron chi connectivity index (χ1n) is 6.31. The Hall–Kier alpha value is -2.07. The first-order chi connectivity index (χ1) is 9.72. The Morgan fingerprint density at radius 2 is 1.75 bits per heavy atom. The van der Waals surface area contributed by atoms with Gasteiger partial charge < -0.3 is 4.90 Å². The number of aliphatic imine (C=N–C) groups is 1. The second kappa shape index (κ2) is 5.13. The summed E-state index contributed by atoms with van der Waals surface area (Å²) < 4.78 is 0. The zero-order chi connectivity index (χ0) is 14.1. The fraction of sp³-hybridized carbons (Fsp3) is 0.125. The van der Waals surface area contributed by atoms with Gasteiger partial charge in [0.2, 0.25) is 0 Å². The first-order valence-corrected chi connectivity index (χ1v) is 7.54. The minimum atomic E-state index is -0.0536. The Labute approximate surface area is 122 Å². The van der Waals surface area contributed by atoms with Crippen LogP contribution in [0.15, 0.2) is 58.4 Å². The van der Waals surface area contributed by atoms with E-state index in [9.17, 15) is 4.79 Å². The van der Waals surface area contributed by atoms with Gasteiger partial charge in [0.15, 0.2) is 0 Å². The van der Waals surface area contributed by atoms with Crippen LogP contribution in [0.5, 0.6) is 0 Å². The van der Waals surface area contributed by atoms with E-state index >= 15 is 0 Å². The zero-order valence-electron chi connectivity index (χ0n) is 11.3. The highest BCUT2D eigenvalue weighted by molar-refractivity contribution is 7.98. The number of carbonyl (C=O) groups is 1. The molecule has 1 aliphatic heterocycles. The highest BCUT2D eigenvalue weighted by Crippen LogP contribution is 2.32. The van der Waals surface area contributed by atoms with E-state index in [0.717, 1.165) is 21.8 Å². The number of likely N-dealkylation sites (N-methyl/N-ethyl adjacent to an activating group) is 1. The number of rotatable bonds is 2. The Kier molecular flexibility index (Phi) is 3.32. The van der Waals surface area contributed by atoms with Crippen molar-refractivity contribution in [2.24, 2.45) is 4.99 Å². The summed E-state index contributed by atoms with van der Waals surface area (Å²) >= 11 is 1.63. The van der Waals surface area contributed by atoms with Crippen molar-refractivity contribution in [3.8, 4) is 0 Å². The molecule has 1 aliphatic rings. The predicted octanol–water partition coefficient (Wildman–Crippen LogP) is 3.51.